The van der Waals surface area contributed by atoms with E-state index in [0.717, 1.165) is 0 Å². The Kier molecular flexibility index (Phi) is 7.91. The number of aliphatic hydroxyl groups excluding tert-OH is 1. The highest BCUT2D eigenvalue weighted by Gasteiger charge is 2.33. The van der Waals surface area contributed by atoms with Crippen LogP contribution in [0.4, 0.5) is 17.6 Å². The molecule has 38 heavy (non-hydrogen) atoms. The number of piperidine rings is 1. The van der Waals surface area contributed by atoms with Gasteiger partial charge in [-0.05, 0) is 43.0 Å². The SMILES string of the molecule is CCc1nc2c(cc1-c1ccc(F)cc1)c(OCC(F)(F)F)c(C(=O)NC1CCN(C(=O)CO)CC1)n2C. The van der Waals surface area contributed by atoms with Crippen LogP contribution in [-0.4, -0.2) is 69.9 Å². The van der Waals surface area contributed by atoms with Crippen molar-refractivity contribution in [3.8, 4) is 16.9 Å². The second-order valence-corrected chi connectivity index (χ2v) is 9.14. The topological polar surface area (TPSA) is 96.7 Å². The van der Waals surface area contributed by atoms with Crippen molar-refractivity contribution >= 4 is 22.8 Å². The molecule has 2 amide bonds. The van der Waals surface area contributed by atoms with E-state index >= 15 is 0 Å². The maximum absolute atomic E-state index is 13.5. The minimum absolute atomic E-state index is 0.107. The molecule has 2 N–H and O–H groups in total. The predicted octanol–water partition coefficient (Wildman–Crippen LogP) is 3.60. The molecule has 3 aromatic rings. The van der Waals surface area contributed by atoms with E-state index in [4.69, 9.17) is 9.84 Å². The van der Waals surface area contributed by atoms with Gasteiger partial charge in [-0.2, -0.15) is 13.2 Å². The van der Waals surface area contributed by atoms with Crippen molar-refractivity contribution in [2.45, 2.75) is 38.4 Å². The number of pyridine rings is 1. The number of ether oxygens (including phenoxy) is 1. The summed E-state index contributed by atoms with van der Waals surface area (Å²) in [5.74, 6) is -1.71. The highest BCUT2D eigenvalue weighted by molar-refractivity contribution is 6.04. The second kappa shape index (κ2) is 11.0. The van der Waals surface area contributed by atoms with Crippen molar-refractivity contribution in [1.29, 1.82) is 0 Å². The molecular formula is C26H28F4N4O4. The van der Waals surface area contributed by atoms with Gasteiger partial charge in [0, 0.05) is 31.7 Å². The number of halogens is 4. The highest BCUT2D eigenvalue weighted by atomic mass is 19.4. The van der Waals surface area contributed by atoms with Crippen LogP contribution in [0.2, 0.25) is 0 Å². The van der Waals surface area contributed by atoms with Crippen molar-refractivity contribution in [1.82, 2.24) is 19.8 Å². The van der Waals surface area contributed by atoms with E-state index in [1.165, 1.54) is 28.6 Å². The Morgan fingerprint density at radius 1 is 1.18 bits per heavy atom. The Balaban J connectivity index is 1.73. The summed E-state index contributed by atoms with van der Waals surface area (Å²) in [7, 11) is 1.53. The standard InChI is InChI=1S/C26H28F4N4O4/c1-3-20-18(15-4-6-16(27)7-5-15)12-19-23(38-14-26(28,29)30)22(33(2)24(19)32-20)25(37)31-17-8-10-34(11-9-17)21(36)13-35/h4-7,12,17,35H,3,8-11,13-14H2,1-2H3,(H,31,37). The molecule has 3 heterocycles. The van der Waals surface area contributed by atoms with E-state index in [9.17, 15) is 27.2 Å². The van der Waals surface area contributed by atoms with Crippen molar-refractivity contribution < 1.29 is 37.0 Å². The normalized spacial score (nSPS) is 14.7. The Hall–Kier alpha value is -3.67. The van der Waals surface area contributed by atoms with Gasteiger partial charge in [-0.1, -0.05) is 19.1 Å². The number of aromatic nitrogens is 2. The molecule has 12 heteroatoms. The van der Waals surface area contributed by atoms with Gasteiger partial charge in [0.15, 0.2) is 18.1 Å². The van der Waals surface area contributed by atoms with Crippen LogP contribution >= 0.6 is 0 Å². The zero-order valence-electron chi connectivity index (χ0n) is 20.9. The van der Waals surface area contributed by atoms with Gasteiger partial charge in [-0.25, -0.2) is 9.37 Å². The number of carbonyl (C=O) groups is 2. The number of hydrogen-bond donors (Lipinski definition) is 2. The van der Waals surface area contributed by atoms with Crippen molar-refractivity contribution in [2.24, 2.45) is 7.05 Å². The van der Waals surface area contributed by atoms with Gasteiger partial charge >= 0.3 is 6.18 Å². The zero-order valence-corrected chi connectivity index (χ0v) is 20.9. The molecule has 4 rings (SSSR count). The van der Waals surface area contributed by atoms with Crippen LogP contribution in [0.15, 0.2) is 30.3 Å². The lowest BCUT2D eigenvalue weighted by molar-refractivity contribution is -0.153. The van der Waals surface area contributed by atoms with Crippen LogP contribution in [0.3, 0.4) is 0 Å². The van der Waals surface area contributed by atoms with Crippen LogP contribution in [0, 0.1) is 5.82 Å². The van der Waals surface area contributed by atoms with E-state index in [-0.39, 0.29) is 28.5 Å². The zero-order chi connectivity index (χ0) is 27.6. The number of benzene rings is 1. The minimum atomic E-state index is -4.64. The number of nitrogens with zero attached hydrogens (tertiary/aromatic N) is 3. The summed E-state index contributed by atoms with van der Waals surface area (Å²) < 4.78 is 59.6. The first kappa shape index (κ1) is 27.4. The fourth-order valence-corrected chi connectivity index (χ4v) is 4.68. The Labute approximate surface area is 216 Å². The Morgan fingerprint density at radius 2 is 1.84 bits per heavy atom. The van der Waals surface area contributed by atoms with Crippen LogP contribution in [0.25, 0.3) is 22.2 Å². The Morgan fingerprint density at radius 3 is 2.42 bits per heavy atom. The summed E-state index contributed by atoms with van der Waals surface area (Å²) in [6.45, 7) is 0.334. The molecule has 1 aliphatic heterocycles. The first-order chi connectivity index (χ1) is 18.0. The minimum Gasteiger partial charge on any atom is -0.481 e. The first-order valence-corrected chi connectivity index (χ1v) is 12.2. The molecule has 0 bridgehead atoms. The number of fused-ring (bicyclic) bond motifs is 1. The lowest BCUT2D eigenvalue weighted by Crippen LogP contribution is -2.47. The van der Waals surface area contributed by atoms with E-state index in [0.29, 0.717) is 49.2 Å². The predicted molar refractivity (Wildman–Crippen MR) is 131 cm³/mol. The molecule has 1 saturated heterocycles. The van der Waals surface area contributed by atoms with Crippen LogP contribution in [0.1, 0.15) is 35.9 Å². The summed E-state index contributed by atoms with van der Waals surface area (Å²) in [6, 6.07) is 6.96. The summed E-state index contributed by atoms with van der Waals surface area (Å²) in [6.07, 6.45) is -3.31. The lowest BCUT2D eigenvalue weighted by atomic mass is 10.0. The second-order valence-electron chi connectivity index (χ2n) is 9.14. The van der Waals surface area contributed by atoms with Gasteiger partial charge in [0.05, 0.1) is 11.1 Å². The Bertz CT molecular complexity index is 1330. The van der Waals surface area contributed by atoms with Crippen molar-refractivity contribution in [2.75, 3.05) is 26.3 Å². The number of alkyl halides is 3. The third-order valence-electron chi connectivity index (χ3n) is 6.60. The van der Waals surface area contributed by atoms with Gasteiger partial charge in [0.2, 0.25) is 5.91 Å². The molecule has 204 valence electrons. The fourth-order valence-electron chi connectivity index (χ4n) is 4.68. The molecule has 1 aromatic carbocycles. The number of likely N-dealkylation sites (tertiary alicyclic amines) is 1. The number of hydrogen-bond acceptors (Lipinski definition) is 5. The number of rotatable bonds is 7. The van der Waals surface area contributed by atoms with E-state index in [2.05, 4.69) is 10.3 Å². The molecule has 0 saturated carbocycles. The fraction of sp³-hybridized carbons (Fsp3) is 0.423. The highest BCUT2D eigenvalue weighted by Crippen LogP contribution is 2.37. The molecular weight excluding hydrogens is 508 g/mol. The molecule has 0 unspecified atom stereocenters. The summed E-state index contributed by atoms with van der Waals surface area (Å²) in [4.78, 5) is 31.2. The van der Waals surface area contributed by atoms with Crippen molar-refractivity contribution in [3.63, 3.8) is 0 Å². The number of nitrogens with one attached hydrogen (secondary N) is 1. The van der Waals surface area contributed by atoms with E-state index in [1.807, 2.05) is 6.92 Å². The molecule has 8 nitrogen and oxygen atoms in total. The number of aryl methyl sites for hydroxylation is 2. The molecule has 1 fully saturated rings. The largest absolute Gasteiger partial charge is 0.481 e. The third kappa shape index (κ3) is 5.74. The number of carbonyl (C=O) groups excluding carboxylic acids is 2. The average Bonchev–Trinajstić information content (AvgIpc) is 3.17. The maximum atomic E-state index is 13.5. The average molecular weight is 537 g/mol. The summed E-state index contributed by atoms with van der Waals surface area (Å²) >= 11 is 0. The maximum Gasteiger partial charge on any atom is 0.422 e. The molecule has 1 aliphatic rings. The van der Waals surface area contributed by atoms with Gasteiger partial charge in [-0.3, -0.25) is 9.59 Å². The lowest BCUT2D eigenvalue weighted by Gasteiger charge is -2.32. The van der Waals surface area contributed by atoms with E-state index < -0.39 is 37.0 Å². The van der Waals surface area contributed by atoms with Gasteiger partial charge in [-0.15, -0.1) is 0 Å². The molecule has 0 radical (unpaired) electrons. The first-order valence-electron chi connectivity index (χ1n) is 12.2. The quantitative estimate of drug-likeness (QED) is 0.450. The van der Waals surface area contributed by atoms with Crippen LogP contribution < -0.4 is 10.1 Å². The molecule has 0 spiro atoms. The van der Waals surface area contributed by atoms with E-state index in [1.54, 1.807) is 18.2 Å². The third-order valence-corrected chi connectivity index (χ3v) is 6.60. The number of amides is 2. The molecule has 2 aromatic heterocycles. The summed E-state index contributed by atoms with van der Waals surface area (Å²) in [5.41, 5.74) is 2.01. The number of aliphatic hydroxyl groups is 1. The molecule has 0 atom stereocenters. The van der Waals surface area contributed by atoms with Gasteiger partial charge < -0.3 is 24.6 Å². The van der Waals surface area contributed by atoms with Crippen LogP contribution in [-0.2, 0) is 18.3 Å². The van der Waals surface area contributed by atoms with Gasteiger partial charge in [0.25, 0.3) is 5.91 Å². The van der Waals surface area contributed by atoms with Gasteiger partial charge in [0.1, 0.15) is 18.1 Å². The molecule has 0 aliphatic carbocycles. The summed E-state index contributed by atoms with van der Waals surface area (Å²) in [5, 5.41) is 12.1. The van der Waals surface area contributed by atoms with Crippen LogP contribution in [0.5, 0.6) is 5.75 Å². The smallest absolute Gasteiger partial charge is 0.422 e. The van der Waals surface area contributed by atoms with Crippen molar-refractivity contribution in [3.05, 3.63) is 47.5 Å². The monoisotopic (exact) mass is 536 g/mol.